The summed E-state index contributed by atoms with van der Waals surface area (Å²) in [6.07, 6.45) is 2.54. The molecule has 1 aliphatic rings. The zero-order chi connectivity index (χ0) is 11.6. The van der Waals surface area contributed by atoms with Crippen LogP contribution in [0.15, 0.2) is 33.9 Å². The summed E-state index contributed by atoms with van der Waals surface area (Å²) in [7, 11) is 0. The number of rotatable bonds is 2. The smallest absolute Gasteiger partial charge is 0.229 e. The monoisotopic (exact) mass is 279 g/mol. The van der Waals surface area contributed by atoms with Gasteiger partial charge in [-0.05, 0) is 41.2 Å². The first-order valence-electron chi connectivity index (χ1n) is 5.05. The van der Waals surface area contributed by atoms with Gasteiger partial charge in [0.15, 0.2) is 0 Å². The molecule has 5 heteroatoms. The maximum Gasteiger partial charge on any atom is 0.229 e. The van der Waals surface area contributed by atoms with E-state index in [1.54, 1.807) is 0 Å². The van der Waals surface area contributed by atoms with Crippen molar-refractivity contribution in [2.75, 3.05) is 0 Å². The molecule has 4 nitrogen and oxygen atoms in total. The highest BCUT2D eigenvalue weighted by atomic mass is 79.9. The summed E-state index contributed by atoms with van der Waals surface area (Å²) in [6.45, 7) is 0. The van der Waals surface area contributed by atoms with E-state index < -0.39 is 5.41 Å². The van der Waals surface area contributed by atoms with Crippen LogP contribution >= 0.6 is 15.9 Å². The number of carbonyl (C=O) groups excluding carboxylic acids is 1. The lowest BCUT2D eigenvalue weighted by Crippen LogP contribution is -2.41. The van der Waals surface area contributed by atoms with Crippen LogP contribution in [0.5, 0.6) is 0 Å². The third kappa shape index (κ3) is 1.72. The van der Waals surface area contributed by atoms with Crippen LogP contribution in [0.4, 0.5) is 0 Å². The lowest BCUT2D eigenvalue weighted by atomic mass is 9.64. The van der Waals surface area contributed by atoms with Crippen molar-refractivity contribution in [3.8, 4) is 0 Å². The number of amides is 1. The molecule has 1 aromatic rings. The summed E-state index contributed by atoms with van der Waals surface area (Å²) in [6, 6.07) is 7.62. The highest BCUT2D eigenvalue weighted by molar-refractivity contribution is 9.10. The van der Waals surface area contributed by atoms with E-state index in [-0.39, 0.29) is 5.91 Å². The van der Waals surface area contributed by atoms with Gasteiger partial charge in [-0.3, -0.25) is 4.79 Å². The van der Waals surface area contributed by atoms with E-state index in [0.717, 1.165) is 29.3 Å². The number of benzene rings is 1. The van der Waals surface area contributed by atoms with Gasteiger partial charge < -0.3 is 0 Å². The summed E-state index contributed by atoms with van der Waals surface area (Å²) < 4.78 is 0.974. The summed E-state index contributed by atoms with van der Waals surface area (Å²) in [4.78, 5) is 14.4. The Balaban J connectivity index is 2.38. The van der Waals surface area contributed by atoms with Crippen molar-refractivity contribution in [3.05, 3.63) is 44.7 Å². The molecule has 0 aromatic heterocycles. The molecule has 16 heavy (non-hydrogen) atoms. The molecular weight excluding hydrogens is 270 g/mol. The largest absolute Gasteiger partial charge is 0.292 e. The molecule has 0 saturated heterocycles. The fourth-order valence-electron chi connectivity index (χ4n) is 2.06. The van der Waals surface area contributed by atoms with Gasteiger partial charge >= 0.3 is 0 Å². The predicted octanol–water partition coefficient (Wildman–Crippen LogP) is 3.71. The normalized spacial score (nSPS) is 17.1. The van der Waals surface area contributed by atoms with E-state index in [1.165, 1.54) is 0 Å². The van der Waals surface area contributed by atoms with Gasteiger partial charge in [-0.1, -0.05) is 34.5 Å². The van der Waals surface area contributed by atoms with E-state index in [0.29, 0.717) is 0 Å². The fourth-order valence-corrected chi connectivity index (χ4v) is 2.33. The molecule has 1 aromatic carbocycles. The molecule has 1 amide bonds. The third-order valence-electron chi connectivity index (χ3n) is 3.15. The zero-order valence-electron chi connectivity index (χ0n) is 8.56. The summed E-state index contributed by atoms with van der Waals surface area (Å²) >= 11 is 3.35. The van der Waals surface area contributed by atoms with Crippen molar-refractivity contribution in [2.45, 2.75) is 24.7 Å². The van der Waals surface area contributed by atoms with Crippen molar-refractivity contribution in [2.24, 2.45) is 5.11 Å². The van der Waals surface area contributed by atoms with Crippen LogP contribution in [0, 0.1) is 0 Å². The Morgan fingerprint density at radius 3 is 2.44 bits per heavy atom. The Morgan fingerprint density at radius 1 is 1.38 bits per heavy atom. The Labute approximate surface area is 101 Å². The third-order valence-corrected chi connectivity index (χ3v) is 3.68. The molecule has 0 spiro atoms. The zero-order valence-corrected chi connectivity index (χ0v) is 10.1. The summed E-state index contributed by atoms with van der Waals surface area (Å²) in [5.74, 6) is -0.358. The molecule has 1 fully saturated rings. The Hall–Kier alpha value is -1.32. The van der Waals surface area contributed by atoms with Crippen LogP contribution in [-0.2, 0) is 10.2 Å². The number of hydrogen-bond donors (Lipinski definition) is 0. The van der Waals surface area contributed by atoms with Crippen LogP contribution in [0.2, 0.25) is 0 Å². The average Bonchev–Trinajstić information content (AvgIpc) is 2.19. The number of nitrogens with zero attached hydrogens (tertiary/aromatic N) is 3. The van der Waals surface area contributed by atoms with Crippen LogP contribution in [0.1, 0.15) is 24.8 Å². The maximum atomic E-state index is 11.8. The molecular formula is C11H10BrN3O. The summed E-state index contributed by atoms with van der Waals surface area (Å²) in [5, 5.41) is 3.25. The van der Waals surface area contributed by atoms with Crippen molar-refractivity contribution in [3.63, 3.8) is 0 Å². The van der Waals surface area contributed by atoms with Crippen molar-refractivity contribution < 1.29 is 4.79 Å². The minimum absolute atomic E-state index is 0.358. The van der Waals surface area contributed by atoms with Gasteiger partial charge in [-0.2, -0.15) is 0 Å². The van der Waals surface area contributed by atoms with Crippen molar-refractivity contribution in [1.29, 1.82) is 0 Å². The van der Waals surface area contributed by atoms with Gasteiger partial charge in [0.05, 0.1) is 5.41 Å². The first-order valence-corrected chi connectivity index (χ1v) is 5.84. The average molecular weight is 280 g/mol. The van der Waals surface area contributed by atoms with E-state index in [2.05, 4.69) is 26.0 Å². The summed E-state index contributed by atoms with van der Waals surface area (Å²) in [5.41, 5.74) is 8.72. The van der Waals surface area contributed by atoms with E-state index >= 15 is 0 Å². The SMILES string of the molecule is [N-]=[N+]=NC(=O)C1(c2ccc(Br)cc2)CCC1. The molecule has 0 N–H and O–H groups in total. The number of hydrogen-bond acceptors (Lipinski definition) is 1. The molecule has 0 bridgehead atoms. The standard InChI is InChI=1S/C11H10BrN3O/c12-9-4-2-8(3-5-9)11(6-1-7-11)10(16)14-15-13/h2-5H,1,6-7H2. The molecule has 1 aliphatic carbocycles. The van der Waals surface area contributed by atoms with Crippen LogP contribution in [0.25, 0.3) is 10.4 Å². The molecule has 0 aliphatic heterocycles. The van der Waals surface area contributed by atoms with Gasteiger partial charge in [0, 0.05) is 9.38 Å². The fraction of sp³-hybridized carbons (Fsp3) is 0.364. The highest BCUT2D eigenvalue weighted by Gasteiger charge is 2.44. The minimum atomic E-state index is -0.563. The lowest BCUT2D eigenvalue weighted by molar-refractivity contribution is -0.126. The molecule has 2 rings (SSSR count). The molecule has 82 valence electrons. The Bertz CT molecular complexity index is 459. The lowest BCUT2D eigenvalue weighted by Gasteiger charge is -2.39. The molecule has 0 heterocycles. The molecule has 1 saturated carbocycles. The second-order valence-electron chi connectivity index (χ2n) is 3.94. The van der Waals surface area contributed by atoms with Gasteiger partial charge in [0.25, 0.3) is 0 Å². The molecule has 0 radical (unpaired) electrons. The highest BCUT2D eigenvalue weighted by Crippen LogP contribution is 2.45. The first kappa shape index (κ1) is 11.2. The van der Waals surface area contributed by atoms with Crippen LogP contribution in [0.3, 0.4) is 0 Å². The first-order chi connectivity index (χ1) is 7.69. The molecule has 0 atom stereocenters. The number of azide groups is 1. The second-order valence-corrected chi connectivity index (χ2v) is 4.85. The van der Waals surface area contributed by atoms with Crippen LogP contribution in [-0.4, -0.2) is 5.91 Å². The Morgan fingerprint density at radius 2 is 2.00 bits per heavy atom. The second kappa shape index (κ2) is 4.28. The van der Waals surface area contributed by atoms with Crippen LogP contribution < -0.4 is 0 Å². The van der Waals surface area contributed by atoms with E-state index in [1.807, 2.05) is 24.3 Å². The predicted molar refractivity (Wildman–Crippen MR) is 63.8 cm³/mol. The molecule has 0 unspecified atom stereocenters. The van der Waals surface area contributed by atoms with Gasteiger partial charge in [0.2, 0.25) is 5.91 Å². The van der Waals surface area contributed by atoms with Gasteiger partial charge in [-0.25, -0.2) is 0 Å². The van der Waals surface area contributed by atoms with Gasteiger partial charge in [-0.15, -0.1) is 0 Å². The minimum Gasteiger partial charge on any atom is -0.292 e. The van der Waals surface area contributed by atoms with Crippen molar-refractivity contribution >= 4 is 21.8 Å². The number of carbonyl (C=O) groups is 1. The van der Waals surface area contributed by atoms with Crippen molar-refractivity contribution in [1.82, 2.24) is 0 Å². The number of halogens is 1. The maximum absolute atomic E-state index is 11.8. The quantitative estimate of drug-likeness (QED) is 0.462. The van der Waals surface area contributed by atoms with Gasteiger partial charge in [0.1, 0.15) is 0 Å². The van der Waals surface area contributed by atoms with E-state index in [9.17, 15) is 4.79 Å². The topological polar surface area (TPSA) is 65.8 Å². The van der Waals surface area contributed by atoms with E-state index in [4.69, 9.17) is 5.53 Å². The Kier molecular flexibility index (Phi) is 2.99.